The van der Waals surface area contributed by atoms with Crippen molar-refractivity contribution >= 4 is 11.9 Å². The van der Waals surface area contributed by atoms with Crippen molar-refractivity contribution in [3.8, 4) is 0 Å². The summed E-state index contributed by atoms with van der Waals surface area (Å²) >= 11 is 0. The molecule has 0 amide bonds. The van der Waals surface area contributed by atoms with Crippen molar-refractivity contribution in [2.75, 3.05) is 13.2 Å². The van der Waals surface area contributed by atoms with Crippen molar-refractivity contribution in [2.45, 2.75) is 51.4 Å². The zero-order valence-electron chi connectivity index (χ0n) is 10.2. The van der Waals surface area contributed by atoms with E-state index in [1.807, 2.05) is 0 Å². The van der Waals surface area contributed by atoms with Gasteiger partial charge in [0.05, 0.1) is 6.61 Å². The molecular formula is C12H21O5-. The van der Waals surface area contributed by atoms with E-state index in [9.17, 15) is 14.7 Å². The van der Waals surface area contributed by atoms with Gasteiger partial charge in [0.2, 0.25) is 0 Å². The Balaban J connectivity index is 3.20. The molecule has 0 aromatic carbocycles. The first-order valence-electron chi connectivity index (χ1n) is 6.13. The van der Waals surface area contributed by atoms with Crippen LogP contribution in [0.4, 0.5) is 0 Å². The highest BCUT2D eigenvalue weighted by atomic mass is 16.5. The Morgan fingerprint density at radius 1 is 0.941 bits per heavy atom. The zero-order chi connectivity index (χ0) is 12.9. The van der Waals surface area contributed by atoms with Crippen LogP contribution < -0.4 is 5.11 Å². The van der Waals surface area contributed by atoms with Crippen molar-refractivity contribution in [1.29, 1.82) is 0 Å². The van der Waals surface area contributed by atoms with Crippen LogP contribution in [0, 0.1) is 0 Å². The van der Waals surface area contributed by atoms with Gasteiger partial charge in [0, 0.05) is 19.0 Å². The van der Waals surface area contributed by atoms with Crippen LogP contribution in [-0.2, 0) is 14.3 Å². The molecule has 1 N–H and O–H groups in total. The van der Waals surface area contributed by atoms with Crippen LogP contribution in [0.5, 0.6) is 0 Å². The summed E-state index contributed by atoms with van der Waals surface area (Å²) in [7, 11) is 0. The first-order valence-corrected chi connectivity index (χ1v) is 6.13. The van der Waals surface area contributed by atoms with E-state index >= 15 is 0 Å². The first kappa shape index (κ1) is 15.9. The van der Waals surface area contributed by atoms with E-state index in [1.54, 1.807) is 0 Å². The third-order valence-electron chi connectivity index (χ3n) is 2.33. The van der Waals surface area contributed by atoms with Gasteiger partial charge in [0.25, 0.3) is 0 Å². The van der Waals surface area contributed by atoms with Crippen molar-refractivity contribution in [1.82, 2.24) is 0 Å². The quantitative estimate of drug-likeness (QED) is 0.420. The summed E-state index contributed by atoms with van der Waals surface area (Å²) in [4.78, 5) is 21.2. The van der Waals surface area contributed by atoms with Gasteiger partial charge in [0.15, 0.2) is 0 Å². The molecule has 0 spiro atoms. The fourth-order valence-corrected chi connectivity index (χ4v) is 1.36. The maximum Gasteiger partial charge on any atom is 0.305 e. The summed E-state index contributed by atoms with van der Waals surface area (Å²) in [5.41, 5.74) is 0. The number of aliphatic carboxylic acids is 1. The van der Waals surface area contributed by atoms with Crippen LogP contribution in [0.3, 0.4) is 0 Å². The van der Waals surface area contributed by atoms with Crippen LogP contribution in [0.25, 0.3) is 0 Å². The highest BCUT2D eigenvalue weighted by molar-refractivity contribution is 5.69. The number of rotatable bonds is 11. The second-order valence-corrected chi connectivity index (χ2v) is 3.94. The van der Waals surface area contributed by atoms with E-state index in [0.29, 0.717) is 19.4 Å². The molecule has 0 aromatic rings. The summed E-state index contributed by atoms with van der Waals surface area (Å²) < 4.78 is 4.96. The molecular weight excluding hydrogens is 224 g/mol. The summed E-state index contributed by atoms with van der Waals surface area (Å²) in [6.45, 7) is 0.614. The third-order valence-corrected chi connectivity index (χ3v) is 2.33. The molecule has 5 nitrogen and oxygen atoms in total. The molecule has 0 aliphatic carbocycles. The average Bonchev–Trinajstić information content (AvgIpc) is 2.29. The van der Waals surface area contributed by atoms with E-state index in [-0.39, 0.29) is 25.4 Å². The number of carbonyl (C=O) groups is 2. The van der Waals surface area contributed by atoms with Gasteiger partial charge < -0.3 is 19.7 Å². The van der Waals surface area contributed by atoms with Gasteiger partial charge in [-0.15, -0.1) is 0 Å². The minimum atomic E-state index is -1.08. The number of carbonyl (C=O) groups excluding carboxylic acids is 2. The van der Waals surface area contributed by atoms with Gasteiger partial charge in [-0.25, -0.2) is 0 Å². The lowest BCUT2D eigenvalue weighted by Crippen LogP contribution is -2.21. The first-order chi connectivity index (χ1) is 8.16. The standard InChI is InChI=1S/C12H22O5/c13-9-5-1-2-6-10-17-12(16)8-4-3-7-11(14)15/h13H,1-10H2,(H,14,15)/p-1. The Morgan fingerprint density at radius 2 is 1.59 bits per heavy atom. The maximum absolute atomic E-state index is 11.2. The predicted octanol–water partition coefficient (Wildman–Crippen LogP) is 0.393. The van der Waals surface area contributed by atoms with Gasteiger partial charge in [-0.05, 0) is 38.5 Å². The van der Waals surface area contributed by atoms with Gasteiger partial charge >= 0.3 is 5.97 Å². The highest BCUT2D eigenvalue weighted by Crippen LogP contribution is 2.03. The van der Waals surface area contributed by atoms with Crippen LogP contribution in [0.2, 0.25) is 0 Å². The lowest BCUT2D eigenvalue weighted by Gasteiger charge is -2.05. The summed E-state index contributed by atoms with van der Waals surface area (Å²) in [5, 5.41) is 18.6. The van der Waals surface area contributed by atoms with Gasteiger partial charge in [-0.3, -0.25) is 4.79 Å². The van der Waals surface area contributed by atoms with Crippen molar-refractivity contribution < 1.29 is 24.5 Å². The molecule has 17 heavy (non-hydrogen) atoms. The number of unbranched alkanes of at least 4 members (excludes halogenated alkanes) is 4. The fourth-order valence-electron chi connectivity index (χ4n) is 1.36. The number of aliphatic hydroxyl groups is 1. The molecule has 0 saturated heterocycles. The minimum absolute atomic E-state index is 0.00552. The smallest absolute Gasteiger partial charge is 0.305 e. The molecule has 0 saturated carbocycles. The highest BCUT2D eigenvalue weighted by Gasteiger charge is 2.02. The lowest BCUT2D eigenvalue weighted by molar-refractivity contribution is -0.305. The predicted molar refractivity (Wildman–Crippen MR) is 60.0 cm³/mol. The fraction of sp³-hybridized carbons (Fsp3) is 0.833. The normalized spacial score (nSPS) is 10.2. The minimum Gasteiger partial charge on any atom is -0.550 e. The Morgan fingerprint density at radius 3 is 2.24 bits per heavy atom. The van der Waals surface area contributed by atoms with Crippen LogP contribution in [0.15, 0.2) is 0 Å². The summed E-state index contributed by atoms with van der Waals surface area (Å²) in [5.74, 6) is -1.35. The Hall–Kier alpha value is -1.10. The van der Waals surface area contributed by atoms with Gasteiger partial charge in [-0.2, -0.15) is 0 Å². The third kappa shape index (κ3) is 12.8. The Kier molecular flexibility index (Phi) is 10.7. The van der Waals surface area contributed by atoms with Gasteiger partial charge in [-0.1, -0.05) is 6.42 Å². The summed E-state index contributed by atoms with van der Waals surface area (Å²) in [6.07, 6.45) is 4.73. The number of hydrogen-bond donors (Lipinski definition) is 1. The number of esters is 1. The van der Waals surface area contributed by atoms with E-state index in [0.717, 1.165) is 25.7 Å². The molecule has 100 valence electrons. The molecule has 0 bridgehead atoms. The molecule has 0 radical (unpaired) electrons. The van der Waals surface area contributed by atoms with E-state index in [2.05, 4.69) is 0 Å². The van der Waals surface area contributed by atoms with Crippen molar-refractivity contribution in [3.05, 3.63) is 0 Å². The second-order valence-electron chi connectivity index (χ2n) is 3.94. The molecule has 5 heteroatoms. The van der Waals surface area contributed by atoms with E-state index in [1.165, 1.54) is 0 Å². The lowest BCUT2D eigenvalue weighted by atomic mass is 10.2. The molecule has 0 atom stereocenters. The molecule has 0 aliphatic heterocycles. The Bertz CT molecular complexity index is 215. The number of aliphatic hydroxyl groups excluding tert-OH is 1. The van der Waals surface area contributed by atoms with Gasteiger partial charge in [0.1, 0.15) is 0 Å². The molecule has 0 fully saturated rings. The molecule has 0 unspecified atom stereocenters. The second kappa shape index (κ2) is 11.4. The molecule has 0 heterocycles. The molecule has 0 aromatic heterocycles. The number of hydrogen-bond acceptors (Lipinski definition) is 5. The molecule has 0 rings (SSSR count). The largest absolute Gasteiger partial charge is 0.550 e. The maximum atomic E-state index is 11.2. The number of ether oxygens (including phenoxy) is 1. The SMILES string of the molecule is O=C([O-])CCCCC(=O)OCCCCCCO. The average molecular weight is 245 g/mol. The van der Waals surface area contributed by atoms with E-state index in [4.69, 9.17) is 9.84 Å². The monoisotopic (exact) mass is 245 g/mol. The van der Waals surface area contributed by atoms with Crippen molar-refractivity contribution in [2.24, 2.45) is 0 Å². The number of carboxylic acids is 1. The Labute approximate surface area is 102 Å². The topological polar surface area (TPSA) is 86.7 Å². The zero-order valence-corrected chi connectivity index (χ0v) is 10.2. The van der Waals surface area contributed by atoms with Crippen LogP contribution >= 0.6 is 0 Å². The van der Waals surface area contributed by atoms with Crippen LogP contribution in [0.1, 0.15) is 51.4 Å². The van der Waals surface area contributed by atoms with E-state index < -0.39 is 5.97 Å². The molecule has 0 aliphatic rings. The summed E-state index contributed by atoms with van der Waals surface area (Å²) in [6, 6.07) is 0. The van der Waals surface area contributed by atoms with Crippen LogP contribution in [-0.4, -0.2) is 30.3 Å². The number of carboxylic acid groups (broad SMARTS) is 1. The van der Waals surface area contributed by atoms with Crippen molar-refractivity contribution in [3.63, 3.8) is 0 Å².